The molecule has 0 spiro atoms. The molecule has 10 bridgehead atoms. The Hall–Kier alpha value is -4.08. The third kappa shape index (κ3) is 5.28. The second-order valence-electron chi connectivity index (χ2n) is 12.4. The van der Waals surface area contributed by atoms with Gasteiger partial charge in [-0.1, -0.05) is 64.5 Å². The fourth-order valence-corrected chi connectivity index (χ4v) is 7.67. The molecular formula is C34H38O10. The summed E-state index contributed by atoms with van der Waals surface area (Å²) < 4.78 is 33.6. The average molecular weight is 607 g/mol. The zero-order valence-corrected chi connectivity index (χ0v) is 25.2. The van der Waals surface area contributed by atoms with E-state index in [1.54, 1.807) is 36.4 Å². The Balaban J connectivity index is 1.24. The van der Waals surface area contributed by atoms with Crippen molar-refractivity contribution in [3.05, 3.63) is 47.5 Å². The number of esters is 4. The smallest absolute Gasteiger partial charge is 0.344 e. The maximum absolute atomic E-state index is 13.6. The third-order valence-electron chi connectivity index (χ3n) is 9.64. The van der Waals surface area contributed by atoms with E-state index in [1.165, 1.54) is 0 Å². The van der Waals surface area contributed by atoms with Gasteiger partial charge in [-0.25, -0.2) is 9.59 Å². The predicted molar refractivity (Wildman–Crippen MR) is 156 cm³/mol. The number of hydrogen-bond acceptors (Lipinski definition) is 10. The first-order valence-corrected chi connectivity index (χ1v) is 15.5. The van der Waals surface area contributed by atoms with E-state index in [9.17, 15) is 19.2 Å². The summed E-state index contributed by atoms with van der Waals surface area (Å²) in [4.78, 5) is 51.6. The quantitative estimate of drug-likeness (QED) is 0.300. The van der Waals surface area contributed by atoms with Crippen LogP contribution in [0.2, 0.25) is 0 Å². The molecule has 1 aliphatic carbocycles. The second kappa shape index (κ2) is 12.1. The molecule has 2 aromatic carbocycles. The monoisotopic (exact) mass is 606 g/mol. The minimum atomic E-state index is -0.883. The first kappa shape index (κ1) is 30.0. The third-order valence-corrected chi connectivity index (χ3v) is 9.64. The van der Waals surface area contributed by atoms with Crippen molar-refractivity contribution in [3.8, 4) is 23.0 Å². The van der Waals surface area contributed by atoms with Crippen molar-refractivity contribution in [3.63, 3.8) is 0 Å². The van der Waals surface area contributed by atoms with Crippen molar-refractivity contribution in [2.45, 2.75) is 76.0 Å². The zero-order valence-electron chi connectivity index (χ0n) is 25.2. The molecule has 10 nitrogen and oxygen atoms in total. The minimum absolute atomic E-state index is 0.266. The lowest BCUT2D eigenvalue weighted by Gasteiger charge is -2.66. The van der Waals surface area contributed by atoms with Gasteiger partial charge in [0.2, 0.25) is 0 Å². The van der Waals surface area contributed by atoms with Crippen LogP contribution in [-0.2, 0) is 39.5 Å². The molecule has 5 heterocycles. The lowest BCUT2D eigenvalue weighted by molar-refractivity contribution is -0.184. The molecule has 234 valence electrons. The van der Waals surface area contributed by atoms with Crippen molar-refractivity contribution >= 4 is 23.9 Å². The number of hydrogen-bond donors (Lipinski definition) is 0. The zero-order chi connectivity index (χ0) is 30.9. The van der Waals surface area contributed by atoms with E-state index >= 15 is 0 Å². The van der Waals surface area contributed by atoms with Crippen LogP contribution in [0.1, 0.15) is 76.3 Å². The molecule has 5 aliphatic heterocycles. The van der Waals surface area contributed by atoms with Gasteiger partial charge in [-0.3, -0.25) is 9.59 Å². The van der Waals surface area contributed by atoms with Gasteiger partial charge in [-0.2, -0.15) is 0 Å². The van der Waals surface area contributed by atoms with Crippen molar-refractivity contribution in [1.29, 1.82) is 0 Å². The van der Waals surface area contributed by atoms with Gasteiger partial charge in [0.1, 0.15) is 23.0 Å². The molecule has 44 heavy (non-hydrogen) atoms. The van der Waals surface area contributed by atoms with E-state index in [4.69, 9.17) is 28.4 Å². The van der Waals surface area contributed by atoms with Gasteiger partial charge in [0.05, 0.1) is 25.0 Å². The van der Waals surface area contributed by atoms with Gasteiger partial charge in [-0.05, 0) is 25.0 Å². The van der Waals surface area contributed by atoms with Crippen molar-refractivity contribution in [2.24, 2.45) is 11.8 Å². The summed E-state index contributed by atoms with van der Waals surface area (Å²) in [6.45, 7) is 3.91. The van der Waals surface area contributed by atoms with Gasteiger partial charge in [0.15, 0.2) is 13.2 Å². The molecule has 1 saturated carbocycles. The lowest BCUT2D eigenvalue weighted by Crippen LogP contribution is -2.75. The minimum Gasteiger partial charge on any atom is -0.482 e. The van der Waals surface area contributed by atoms with Crippen LogP contribution in [0.4, 0.5) is 0 Å². The van der Waals surface area contributed by atoms with E-state index in [0.717, 1.165) is 51.4 Å². The van der Waals surface area contributed by atoms with Crippen LogP contribution in [0, 0.1) is 11.8 Å². The van der Waals surface area contributed by atoms with Crippen LogP contribution in [0.3, 0.4) is 0 Å². The Morgan fingerprint density at radius 3 is 1.34 bits per heavy atom. The molecule has 0 unspecified atom stereocenters. The average Bonchev–Trinajstić information content (AvgIpc) is 2.98. The van der Waals surface area contributed by atoms with Gasteiger partial charge in [0, 0.05) is 34.1 Å². The van der Waals surface area contributed by atoms with Gasteiger partial charge < -0.3 is 28.4 Å². The SMILES string of the molecule is CC12c3ccc4cc3OC(=O)C1C1(C)c3ccc(cc3OC(=O)C21)OCC(=O)OCCCCCCCCCCOC(=O)CO4. The molecule has 0 saturated heterocycles. The first-order valence-electron chi connectivity index (χ1n) is 15.5. The largest absolute Gasteiger partial charge is 0.482 e. The highest BCUT2D eigenvalue weighted by atomic mass is 16.6. The Bertz CT molecular complexity index is 1340. The molecule has 0 radical (unpaired) electrons. The van der Waals surface area contributed by atoms with Crippen LogP contribution < -0.4 is 18.9 Å². The number of carbonyl (C=O) groups is 4. The molecule has 0 atom stereocenters. The highest BCUT2D eigenvalue weighted by Gasteiger charge is 2.77. The van der Waals surface area contributed by atoms with E-state index in [1.807, 2.05) is 13.8 Å². The van der Waals surface area contributed by atoms with Crippen molar-refractivity contribution in [1.82, 2.24) is 0 Å². The Labute approximate surface area is 256 Å². The molecule has 2 aromatic rings. The highest BCUT2D eigenvalue weighted by Crippen LogP contribution is 2.71. The summed E-state index contributed by atoms with van der Waals surface area (Å²) >= 11 is 0. The number of fused-ring (bicyclic) bond motifs is 2. The van der Waals surface area contributed by atoms with Crippen molar-refractivity contribution < 1.29 is 47.6 Å². The molecule has 6 aliphatic rings. The van der Waals surface area contributed by atoms with Crippen molar-refractivity contribution in [2.75, 3.05) is 26.4 Å². The summed E-state index contributed by atoms with van der Waals surface area (Å²) in [5, 5.41) is 0. The Morgan fingerprint density at radius 2 is 0.932 bits per heavy atom. The lowest BCUT2D eigenvalue weighted by atomic mass is 9.35. The first-order chi connectivity index (χ1) is 21.2. The molecule has 0 aromatic heterocycles. The second-order valence-corrected chi connectivity index (χ2v) is 12.4. The van der Waals surface area contributed by atoms with Gasteiger partial charge in [-0.15, -0.1) is 0 Å². The standard InChI is InChI=1S/C34H38O10/c1-33-23-13-11-21-17-25(23)43-31(37)29(33)34(2)24-14-12-22(18-26(24)44-32(38)30(33)34)42-20-28(36)40-16-10-8-6-4-3-5-7-9-15-39-27(35)19-41-21/h11-14,17-18,29-30H,3-10,15-16,19-20H2,1-2H3. The molecule has 0 amide bonds. The number of carbonyl (C=O) groups excluding carboxylic acids is 4. The van der Waals surface area contributed by atoms with Crippen LogP contribution in [0.5, 0.6) is 23.0 Å². The molecule has 10 heteroatoms. The molecule has 0 N–H and O–H groups in total. The van der Waals surface area contributed by atoms with E-state index in [-0.39, 0.29) is 13.2 Å². The summed E-state index contributed by atoms with van der Waals surface area (Å²) in [7, 11) is 0. The number of benzene rings is 2. The van der Waals surface area contributed by atoms with Gasteiger partial charge >= 0.3 is 23.9 Å². The highest BCUT2D eigenvalue weighted by molar-refractivity contribution is 5.94. The number of rotatable bonds is 0. The summed E-state index contributed by atoms with van der Waals surface area (Å²) in [5.74, 6) is -1.86. The maximum Gasteiger partial charge on any atom is 0.344 e. The summed E-state index contributed by atoms with van der Waals surface area (Å²) in [5.41, 5.74) is -0.373. The Morgan fingerprint density at radius 1 is 0.545 bits per heavy atom. The van der Waals surface area contributed by atoms with E-state index in [0.29, 0.717) is 47.3 Å². The Kier molecular flexibility index (Phi) is 8.26. The molecule has 1 fully saturated rings. The van der Waals surface area contributed by atoms with Crippen LogP contribution in [-0.4, -0.2) is 50.3 Å². The van der Waals surface area contributed by atoms with Crippen LogP contribution in [0.25, 0.3) is 0 Å². The predicted octanol–water partition coefficient (Wildman–Crippen LogP) is 4.96. The maximum atomic E-state index is 13.6. The fraction of sp³-hybridized carbons (Fsp3) is 0.529. The summed E-state index contributed by atoms with van der Waals surface area (Å²) in [6.07, 6.45) is 7.84. The fourth-order valence-electron chi connectivity index (χ4n) is 7.67. The molecule has 8 rings (SSSR count). The van der Waals surface area contributed by atoms with Gasteiger partial charge in [0.25, 0.3) is 0 Å². The summed E-state index contributed by atoms with van der Waals surface area (Å²) in [6, 6.07) is 10.1. The van der Waals surface area contributed by atoms with E-state index < -0.39 is 46.5 Å². The van der Waals surface area contributed by atoms with Crippen LogP contribution in [0.15, 0.2) is 36.4 Å². The van der Waals surface area contributed by atoms with E-state index in [2.05, 4.69) is 0 Å². The normalized spacial score (nSPS) is 29.5. The number of ether oxygens (including phenoxy) is 6. The molecular weight excluding hydrogens is 568 g/mol. The van der Waals surface area contributed by atoms with Crippen LogP contribution >= 0.6 is 0 Å². The topological polar surface area (TPSA) is 124 Å².